The lowest BCUT2D eigenvalue weighted by atomic mass is 9.98. The van der Waals surface area contributed by atoms with Gasteiger partial charge in [-0.25, -0.2) is 4.68 Å². The van der Waals surface area contributed by atoms with Crippen LogP contribution in [0.5, 0.6) is 0 Å². The Kier molecular flexibility index (Phi) is 5.05. The van der Waals surface area contributed by atoms with E-state index >= 15 is 0 Å². The topological polar surface area (TPSA) is 109 Å². The fraction of sp³-hybridized carbons (Fsp3) is 0.0556. The summed E-state index contributed by atoms with van der Waals surface area (Å²) in [5.74, 6) is 0.517. The highest BCUT2D eigenvalue weighted by molar-refractivity contribution is 9.13. The summed E-state index contributed by atoms with van der Waals surface area (Å²) in [5, 5.41) is 16.7. The second kappa shape index (κ2) is 7.64. The van der Waals surface area contributed by atoms with Crippen molar-refractivity contribution in [2.45, 2.75) is 6.54 Å². The van der Waals surface area contributed by atoms with Crippen LogP contribution < -0.4 is 11.1 Å². The normalized spacial score (nSPS) is 10.9. The van der Waals surface area contributed by atoms with Crippen molar-refractivity contribution < 1.29 is 0 Å². The quantitative estimate of drug-likeness (QED) is 0.445. The number of rotatable bonds is 4. The van der Waals surface area contributed by atoms with Gasteiger partial charge in [0.1, 0.15) is 8.95 Å². The summed E-state index contributed by atoms with van der Waals surface area (Å²) in [6.07, 6.45) is 0. The molecule has 0 saturated heterocycles. The molecule has 2 N–H and O–H groups in total. The zero-order valence-corrected chi connectivity index (χ0v) is 17.4. The van der Waals surface area contributed by atoms with Gasteiger partial charge >= 0.3 is 0 Å². The zero-order chi connectivity index (χ0) is 19.7. The summed E-state index contributed by atoms with van der Waals surface area (Å²) >= 11 is 6.23. The number of nitrogens with one attached hydrogen (secondary N) is 2. The second-order valence-electron chi connectivity index (χ2n) is 5.94. The van der Waals surface area contributed by atoms with Crippen LogP contribution in [0.4, 0.5) is 0 Å². The van der Waals surface area contributed by atoms with E-state index in [0.717, 1.165) is 22.3 Å². The molecule has 4 aromatic rings. The minimum atomic E-state index is -0.378. The van der Waals surface area contributed by atoms with Gasteiger partial charge < -0.3 is 0 Å². The lowest BCUT2D eigenvalue weighted by Crippen LogP contribution is -2.31. The molecule has 0 unspecified atom stereocenters. The number of hydrogen-bond acceptors (Lipinski definition) is 5. The van der Waals surface area contributed by atoms with Crippen LogP contribution in [-0.2, 0) is 6.54 Å². The van der Waals surface area contributed by atoms with E-state index in [0.29, 0.717) is 5.82 Å². The number of tetrazole rings is 1. The first-order valence-corrected chi connectivity index (χ1v) is 9.73. The van der Waals surface area contributed by atoms with Gasteiger partial charge in [0.05, 0.1) is 6.54 Å². The van der Waals surface area contributed by atoms with Gasteiger partial charge in [-0.2, -0.15) is 5.21 Å². The van der Waals surface area contributed by atoms with Gasteiger partial charge in [0.2, 0.25) is 5.82 Å². The Hall–Kier alpha value is -2.85. The first-order chi connectivity index (χ1) is 13.5. The molecule has 0 radical (unpaired) electrons. The van der Waals surface area contributed by atoms with Crippen molar-refractivity contribution in [3.05, 3.63) is 83.7 Å². The summed E-state index contributed by atoms with van der Waals surface area (Å²) < 4.78 is 1.64. The summed E-state index contributed by atoms with van der Waals surface area (Å²) in [7, 11) is 0. The van der Waals surface area contributed by atoms with Gasteiger partial charge in [-0.15, -0.1) is 10.2 Å². The van der Waals surface area contributed by atoms with Crippen molar-refractivity contribution in [3.8, 4) is 22.5 Å². The van der Waals surface area contributed by atoms with Crippen LogP contribution in [0, 0.1) is 0 Å². The number of aromatic nitrogens is 6. The largest absolute Gasteiger partial charge is 0.281 e. The Bertz CT molecular complexity index is 1250. The highest BCUT2D eigenvalue weighted by atomic mass is 79.9. The Morgan fingerprint density at radius 1 is 0.929 bits per heavy atom. The maximum absolute atomic E-state index is 12.3. The summed E-state index contributed by atoms with van der Waals surface area (Å²) in [5.41, 5.74) is 2.97. The van der Waals surface area contributed by atoms with Crippen LogP contribution in [0.3, 0.4) is 0 Å². The first-order valence-electron chi connectivity index (χ1n) is 8.15. The standard InChI is InChI=1S/C18H12Br2N6O2/c19-14-15(20)18(28)26(23-17(14)27)9-10-5-7-11(8-6-10)12-3-1-2-4-13(12)16-21-24-25-22-16/h1-8H,9H2,(H,23,27)(H,21,22,24,25). The van der Waals surface area contributed by atoms with Gasteiger partial charge in [0.25, 0.3) is 11.1 Å². The number of nitrogens with zero attached hydrogens (tertiary/aromatic N) is 4. The molecule has 10 heteroatoms. The summed E-state index contributed by atoms with van der Waals surface area (Å²) in [4.78, 5) is 24.2. The fourth-order valence-corrected chi connectivity index (χ4v) is 3.48. The molecule has 0 atom stereocenters. The molecule has 140 valence electrons. The lowest BCUT2D eigenvalue weighted by molar-refractivity contribution is 0.621. The molecule has 28 heavy (non-hydrogen) atoms. The molecular weight excluding hydrogens is 492 g/mol. The molecule has 2 aromatic heterocycles. The predicted octanol–water partition coefficient (Wildman–Crippen LogP) is 2.96. The predicted molar refractivity (Wildman–Crippen MR) is 111 cm³/mol. The van der Waals surface area contributed by atoms with E-state index in [1.165, 1.54) is 4.68 Å². The van der Waals surface area contributed by atoms with Crippen molar-refractivity contribution in [2.75, 3.05) is 0 Å². The molecule has 0 aliphatic carbocycles. The molecule has 8 nitrogen and oxygen atoms in total. The molecule has 0 spiro atoms. The Balaban J connectivity index is 1.67. The van der Waals surface area contributed by atoms with Crippen molar-refractivity contribution in [1.82, 2.24) is 30.4 Å². The number of halogens is 2. The molecule has 0 saturated carbocycles. The lowest BCUT2D eigenvalue weighted by Gasteiger charge is -2.10. The monoisotopic (exact) mass is 502 g/mol. The van der Waals surface area contributed by atoms with Crippen LogP contribution in [0.1, 0.15) is 5.56 Å². The third-order valence-corrected chi connectivity index (χ3v) is 6.20. The zero-order valence-electron chi connectivity index (χ0n) is 14.2. The number of H-pyrrole nitrogens is 2. The molecule has 2 aromatic carbocycles. The molecule has 2 heterocycles. The third kappa shape index (κ3) is 3.48. The Labute approximate surface area is 174 Å². The van der Waals surface area contributed by atoms with Crippen molar-refractivity contribution in [3.63, 3.8) is 0 Å². The third-order valence-electron chi connectivity index (χ3n) is 4.18. The molecule has 0 amide bonds. The second-order valence-corrected chi connectivity index (χ2v) is 7.52. The van der Waals surface area contributed by atoms with Crippen molar-refractivity contribution >= 4 is 31.9 Å². The highest BCUT2D eigenvalue weighted by Crippen LogP contribution is 2.29. The van der Waals surface area contributed by atoms with E-state index in [1.807, 2.05) is 48.5 Å². The van der Waals surface area contributed by atoms with Crippen LogP contribution in [-0.4, -0.2) is 30.4 Å². The average molecular weight is 504 g/mol. The van der Waals surface area contributed by atoms with E-state index in [-0.39, 0.29) is 26.6 Å². The minimum absolute atomic E-state index is 0.183. The summed E-state index contributed by atoms with van der Waals surface area (Å²) in [6, 6.07) is 15.5. The van der Waals surface area contributed by atoms with Gasteiger partial charge in [-0.1, -0.05) is 48.5 Å². The van der Waals surface area contributed by atoms with E-state index in [4.69, 9.17) is 0 Å². The molecule has 0 fully saturated rings. The van der Waals surface area contributed by atoms with Gasteiger partial charge in [-0.05, 0) is 53.8 Å². The smallest absolute Gasteiger partial charge is 0.267 e. The van der Waals surface area contributed by atoms with Crippen molar-refractivity contribution in [2.24, 2.45) is 0 Å². The average Bonchev–Trinajstić information content (AvgIpc) is 3.26. The Morgan fingerprint density at radius 3 is 2.32 bits per heavy atom. The van der Waals surface area contributed by atoms with Crippen LogP contribution in [0.25, 0.3) is 22.5 Å². The van der Waals surface area contributed by atoms with Gasteiger partial charge in [-0.3, -0.25) is 14.7 Å². The van der Waals surface area contributed by atoms with E-state index in [9.17, 15) is 9.59 Å². The number of hydrogen-bond donors (Lipinski definition) is 2. The SMILES string of the molecule is O=c1[nH]n(Cc2ccc(-c3ccccc3-c3nn[nH]n3)cc2)c(=O)c(Br)c1Br. The molecule has 0 bridgehead atoms. The molecule has 0 aliphatic rings. The number of aromatic amines is 2. The fourth-order valence-electron chi connectivity index (χ4n) is 2.82. The van der Waals surface area contributed by atoms with Gasteiger partial charge in [0, 0.05) is 5.56 Å². The van der Waals surface area contributed by atoms with E-state index in [1.54, 1.807) is 0 Å². The first kappa shape index (κ1) is 18.5. The Morgan fingerprint density at radius 2 is 1.64 bits per heavy atom. The highest BCUT2D eigenvalue weighted by Gasteiger charge is 2.12. The maximum atomic E-state index is 12.3. The molecule has 0 aliphatic heterocycles. The number of benzene rings is 2. The maximum Gasteiger partial charge on any atom is 0.281 e. The van der Waals surface area contributed by atoms with E-state index in [2.05, 4.69) is 57.6 Å². The van der Waals surface area contributed by atoms with E-state index < -0.39 is 0 Å². The van der Waals surface area contributed by atoms with Crippen molar-refractivity contribution in [1.29, 1.82) is 0 Å². The minimum Gasteiger partial charge on any atom is -0.267 e. The van der Waals surface area contributed by atoms with Crippen LogP contribution in [0.2, 0.25) is 0 Å². The molecular formula is C18H12Br2N6O2. The molecule has 4 rings (SSSR count). The van der Waals surface area contributed by atoms with Gasteiger partial charge in [0.15, 0.2) is 0 Å². The summed E-state index contributed by atoms with van der Waals surface area (Å²) in [6.45, 7) is 0.243. The van der Waals surface area contributed by atoms with Crippen LogP contribution >= 0.6 is 31.9 Å². The van der Waals surface area contributed by atoms with Crippen LogP contribution in [0.15, 0.2) is 67.1 Å².